The highest BCUT2D eigenvalue weighted by Gasteiger charge is 2.34. The van der Waals surface area contributed by atoms with Crippen molar-refractivity contribution >= 4 is 21.6 Å². The van der Waals surface area contributed by atoms with Gasteiger partial charge in [-0.2, -0.15) is 11.8 Å². The summed E-state index contributed by atoms with van der Waals surface area (Å²) in [4.78, 5) is 0.502. The van der Waals surface area contributed by atoms with E-state index in [9.17, 15) is 8.42 Å². The summed E-state index contributed by atoms with van der Waals surface area (Å²) in [6.45, 7) is 2.05. The predicted octanol–water partition coefficient (Wildman–Crippen LogP) is 1.99. The van der Waals surface area contributed by atoms with E-state index in [0.29, 0.717) is 4.90 Å². The van der Waals surface area contributed by atoms with Crippen LogP contribution in [0.15, 0.2) is 29.2 Å². The molecule has 0 bridgehead atoms. The molecular weight excluding hydrogens is 254 g/mol. The van der Waals surface area contributed by atoms with Crippen molar-refractivity contribution in [1.29, 1.82) is 0 Å². The maximum atomic E-state index is 11.9. The van der Waals surface area contributed by atoms with E-state index < -0.39 is 9.84 Å². The molecule has 3 nitrogen and oxygen atoms in total. The molecule has 0 fully saturated rings. The molecule has 5 heteroatoms. The first-order valence-corrected chi connectivity index (χ1v) is 8.43. The Bertz CT molecular complexity index is 499. The van der Waals surface area contributed by atoms with Gasteiger partial charge >= 0.3 is 0 Å². The molecule has 2 N–H and O–H groups in total. The van der Waals surface area contributed by atoms with Crippen molar-refractivity contribution in [2.24, 2.45) is 5.73 Å². The number of hydrogen-bond acceptors (Lipinski definition) is 4. The topological polar surface area (TPSA) is 60.2 Å². The van der Waals surface area contributed by atoms with Crippen LogP contribution in [0.2, 0.25) is 0 Å². The first kappa shape index (κ1) is 12.9. The van der Waals surface area contributed by atoms with Crippen LogP contribution in [0.4, 0.5) is 0 Å². The Morgan fingerprint density at radius 3 is 2.88 bits per heavy atom. The van der Waals surface area contributed by atoms with Gasteiger partial charge in [0.2, 0.25) is 0 Å². The molecule has 94 valence electrons. The van der Waals surface area contributed by atoms with Crippen molar-refractivity contribution in [2.75, 3.05) is 11.5 Å². The van der Waals surface area contributed by atoms with Gasteiger partial charge in [0, 0.05) is 17.0 Å². The van der Waals surface area contributed by atoms with Crippen molar-refractivity contribution in [3.63, 3.8) is 0 Å². The van der Waals surface area contributed by atoms with Gasteiger partial charge in [-0.15, -0.1) is 0 Å². The Morgan fingerprint density at radius 2 is 2.18 bits per heavy atom. The minimum atomic E-state index is -3.07. The van der Waals surface area contributed by atoms with Gasteiger partial charge in [0.05, 0.1) is 10.6 Å². The molecule has 1 aromatic carbocycles. The summed E-state index contributed by atoms with van der Waals surface area (Å²) in [6, 6.07) is 7.43. The summed E-state index contributed by atoms with van der Waals surface area (Å²) in [5, 5.41) is 0.0498. The number of nitrogens with two attached hydrogens (primary N) is 1. The highest BCUT2D eigenvalue weighted by Crippen LogP contribution is 2.41. The van der Waals surface area contributed by atoms with Gasteiger partial charge in [-0.1, -0.05) is 25.1 Å². The maximum absolute atomic E-state index is 11.9. The molecule has 17 heavy (non-hydrogen) atoms. The molecule has 2 rings (SSSR count). The monoisotopic (exact) mass is 271 g/mol. The fourth-order valence-electron chi connectivity index (χ4n) is 1.90. The van der Waals surface area contributed by atoms with Crippen molar-refractivity contribution < 1.29 is 8.42 Å². The number of benzene rings is 1. The van der Waals surface area contributed by atoms with Gasteiger partial charge in [-0.3, -0.25) is 0 Å². The highest BCUT2D eigenvalue weighted by molar-refractivity contribution is 8.01. The molecule has 1 aliphatic rings. The van der Waals surface area contributed by atoms with Gasteiger partial charge in [0.25, 0.3) is 0 Å². The average Bonchev–Trinajstić information content (AvgIpc) is 2.59. The lowest BCUT2D eigenvalue weighted by Gasteiger charge is -2.13. The van der Waals surface area contributed by atoms with Crippen molar-refractivity contribution in [3.8, 4) is 0 Å². The Kier molecular flexibility index (Phi) is 3.80. The fraction of sp³-hybridized carbons (Fsp3) is 0.500. The molecule has 1 heterocycles. The van der Waals surface area contributed by atoms with Crippen LogP contribution in [0.1, 0.15) is 24.2 Å². The van der Waals surface area contributed by atoms with Crippen molar-refractivity contribution in [3.05, 3.63) is 29.8 Å². The van der Waals surface area contributed by atoms with Crippen LogP contribution in [0.25, 0.3) is 0 Å². The van der Waals surface area contributed by atoms with Gasteiger partial charge in [0.15, 0.2) is 9.84 Å². The van der Waals surface area contributed by atoms with Crippen LogP contribution in [-0.2, 0) is 9.84 Å². The van der Waals surface area contributed by atoms with Crippen molar-refractivity contribution in [1.82, 2.24) is 0 Å². The van der Waals surface area contributed by atoms with E-state index in [1.807, 2.05) is 19.1 Å². The maximum Gasteiger partial charge on any atom is 0.180 e. The number of sulfone groups is 1. The minimum Gasteiger partial charge on any atom is -0.327 e. The Labute approximate surface area is 107 Å². The van der Waals surface area contributed by atoms with Gasteiger partial charge in [-0.25, -0.2) is 8.42 Å². The van der Waals surface area contributed by atoms with E-state index in [0.717, 1.165) is 17.7 Å². The second kappa shape index (κ2) is 5.00. The molecule has 2 unspecified atom stereocenters. The lowest BCUT2D eigenvalue weighted by molar-refractivity contribution is 0.600. The van der Waals surface area contributed by atoms with E-state index in [2.05, 4.69) is 0 Å². The summed E-state index contributed by atoms with van der Waals surface area (Å²) in [7, 11) is -3.07. The lowest BCUT2D eigenvalue weighted by atomic mass is 10.2. The van der Waals surface area contributed by atoms with Gasteiger partial charge < -0.3 is 5.73 Å². The molecular formula is C12H17NO2S2. The molecule has 0 radical (unpaired) electrons. The van der Waals surface area contributed by atoms with E-state index in [1.165, 1.54) is 0 Å². The molecule has 1 aliphatic heterocycles. The van der Waals surface area contributed by atoms with Crippen LogP contribution in [0.5, 0.6) is 0 Å². The molecule has 0 spiro atoms. The smallest absolute Gasteiger partial charge is 0.180 e. The number of rotatable bonds is 4. The van der Waals surface area contributed by atoms with Crippen LogP contribution < -0.4 is 5.73 Å². The largest absolute Gasteiger partial charge is 0.327 e. The minimum absolute atomic E-state index is 0.0498. The van der Waals surface area contributed by atoms with E-state index >= 15 is 0 Å². The second-order valence-electron chi connectivity index (χ2n) is 4.31. The third-order valence-electron chi connectivity index (χ3n) is 3.01. The van der Waals surface area contributed by atoms with Crippen LogP contribution >= 0.6 is 11.8 Å². The highest BCUT2D eigenvalue weighted by atomic mass is 32.2. The molecule has 0 saturated carbocycles. The Balaban J connectivity index is 2.18. The first-order chi connectivity index (χ1) is 8.04. The summed E-state index contributed by atoms with van der Waals surface area (Å²) in [6.07, 6.45) is 0.925. The van der Waals surface area contributed by atoms with Crippen LogP contribution in [0.3, 0.4) is 0 Å². The van der Waals surface area contributed by atoms with E-state index in [1.54, 1.807) is 23.9 Å². The van der Waals surface area contributed by atoms with E-state index in [4.69, 9.17) is 5.73 Å². The van der Waals surface area contributed by atoms with Crippen LogP contribution in [0, 0.1) is 0 Å². The summed E-state index contributed by atoms with van der Waals surface area (Å²) >= 11 is 1.66. The molecule has 0 amide bonds. The zero-order valence-electron chi connectivity index (χ0n) is 9.80. The average molecular weight is 271 g/mol. The predicted molar refractivity (Wildman–Crippen MR) is 72.0 cm³/mol. The third-order valence-corrected chi connectivity index (χ3v) is 6.48. The number of fused-ring (bicyclic) bond motifs is 1. The number of hydrogen-bond donors (Lipinski definition) is 1. The second-order valence-corrected chi connectivity index (χ2v) is 7.55. The SMILES string of the molecule is CCC(N)CSC1CS(=O)(=O)c2ccccc21. The number of thioether (sulfide) groups is 1. The third kappa shape index (κ3) is 2.67. The lowest BCUT2D eigenvalue weighted by Crippen LogP contribution is -2.22. The summed E-state index contributed by atoms with van der Waals surface area (Å²) < 4.78 is 23.9. The first-order valence-electron chi connectivity index (χ1n) is 5.73. The molecule has 0 aliphatic carbocycles. The Morgan fingerprint density at radius 1 is 1.47 bits per heavy atom. The van der Waals surface area contributed by atoms with Gasteiger partial charge in [-0.05, 0) is 18.1 Å². The zero-order valence-corrected chi connectivity index (χ0v) is 11.4. The molecule has 2 atom stereocenters. The quantitative estimate of drug-likeness (QED) is 0.909. The standard InChI is InChI=1S/C12H17NO2S2/c1-2-9(13)7-16-11-8-17(14,15)12-6-4-3-5-10(11)12/h3-6,9,11H,2,7-8,13H2,1H3. The summed E-state index contributed by atoms with van der Waals surface area (Å²) in [5.41, 5.74) is 6.81. The fourth-order valence-corrected chi connectivity index (χ4v) is 5.61. The molecule has 0 saturated heterocycles. The Hall–Kier alpha value is -0.520. The summed E-state index contributed by atoms with van der Waals surface area (Å²) in [5.74, 6) is 1.03. The van der Waals surface area contributed by atoms with Crippen LogP contribution in [-0.4, -0.2) is 26.0 Å². The van der Waals surface area contributed by atoms with Gasteiger partial charge in [0.1, 0.15) is 0 Å². The van der Waals surface area contributed by atoms with Crippen molar-refractivity contribution in [2.45, 2.75) is 29.5 Å². The molecule has 1 aromatic rings. The molecule has 0 aromatic heterocycles. The normalized spacial score (nSPS) is 23.3. The zero-order chi connectivity index (χ0) is 12.5. The van der Waals surface area contributed by atoms with E-state index in [-0.39, 0.29) is 17.0 Å².